The maximum absolute atomic E-state index is 13.0. The summed E-state index contributed by atoms with van der Waals surface area (Å²) in [7, 11) is 1.28. The van der Waals surface area contributed by atoms with Crippen LogP contribution < -0.4 is 10.5 Å². The standard InChI is InChI=1S/C9H10FNO3/c1-14-9-2-5(8(13)4-12)7(11)3-6(9)10/h2-3,12H,4,11H2,1H3. The van der Waals surface area contributed by atoms with Crippen LogP contribution in [0.1, 0.15) is 10.4 Å². The maximum atomic E-state index is 13.0. The Morgan fingerprint density at radius 2 is 2.29 bits per heavy atom. The van der Waals surface area contributed by atoms with Crippen molar-refractivity contribution < 1.29 is 19.0 Å². The molecule has 0 aromatic heterocycles. The predicted molar refractivity (Wildman–Crippen MR) is 48.8 cm³/mol. The van der Waals surface area contributed by atoms with Crippen LogP contribution in [0.15, 0.2) is 12.1 Å². The largest absolute Gasteiger partial charge is 0.494 e. The third-order valence-electron chi connectivity index (χ3n) is 1.77. The first-order valence-corrected chi connectivity index (χ1v) is 3.87. The first kappa shape index (κ1) is 10.5. The number of Topliss-reactive ketones (excluding diaryl/α,β-unsaturated/α-hetero) is 1. The van der Waals surface area contributed by atoms with E-state index in [1.165, 1.54) is 13.2 Å². The number of carbonyl (C=O) groups is 1. The summed E-state index contributed by atoms with van der Waals surface area (Å²) in [5.41, 5.74) is 5.44. The van der Waals surface area contributed by atoms with E-state index in [1.807, 2.05) is 0 Å². The molecule has 1 rings (SSSR count). The Hall–Kier alpha value is -1.62. The summed E-state index contributed by atoms with van der Waals surface area (Å²) in [5.74, 6) is -1.28. The molecule has 0 amide bonds. The van der Waals surface area contributed by atoms with Gasteiger partial charge in [-0.2, -0.15) is 0 Å². The summed E-state index contributed by atoms with van der Waals surface area (Å²) in [6.07, 6.45) is 0. The smallest absolute Gasteiger partial charge is 0.190 e. The van der Waals surface area contributed by atoms with Crippen LogP contribution in [0.25, 0.3) is 0 Å². The third kappa shape index (κ3) is 1.82. The van der Waals surface area contributed by atoms with Gasteiger partial charge in [0.15, 0.2) is 17.3 Å². The van der Waals surface area contributed by atoms with E-state index in [-0.39, 0.29) is 17.0 Å². The van der Waals surface area contributed by atoms with E-state index >= 15 is 0 Å². The van der Waals surface area contributed by atoms with Crippen LogP contribution in [-0.2, 0) is 0 Å². The molecule has 3 N–H and O–H groups in total. The van der Waals surface area contributed by atoms with Gasteiger partial charge in [-0.3, -0.25) is 4.79 Å². The second kappa shape index (κ2) is 4.06. The average molecular weight is 199 g/mol. The van der Waals surface area contributed by atoms with Gasteiger partial charge in [0.05, 0.1) is 7.11 Å². The molecule has 0 heterocycles. The number of benzene rings is 1. The molecule has 0 saturated heterocycles. The van der Waals surface area contributed by atoms with Crippen LogP contribution in [0, 0.1) is 5.82 Å². The Morgan fingerprint density at radius 1 is 1.64 bits per heavy atom. The number of aliphatic hydroxyl groups excluding tert-OH is 1. The molecule has 0 aliphatic carbocycles. The van der Waals surface area contributed by atoms with Gasteiger partial charge in [-0.15, -0.1) is 0 Å². The molecular formula is C9H10FNO3. The van der Waals surface area contributed by atoms with Crippen molar-refractivity contribution in [2.75, 3.05) is 19.5 Å². The topological polar surface area (TPSA) is 72.5 Å². The minimum absolute atomic E-state index is 0.0117. The van der Waals surface area contributed by atoms with Gasteiger partial charge in [0.2, 0.25) is 0 Å². The predicted octanol–water partition coefficient (Wildman–Crippen LogP) is 0.592. The third-order valence-corrected chi connectivity index (χ3v) is 1.77. The Labute approximate surface area is 80.1 Å². The normalized spacial score (nSPS) is 9.93. The lowest BCUT2D eigenvalue weighted by molar-refractivity contribution is 0.0904. The van der Waals surface area contributed by atoms with Gasteiger partial charge in [-0.05, 0) is 6.07 Å². The molecule has 76 valence electrons. The molecule has 14 heavy (non-hydrogen) atoms. The summed E-state index contributed by atoms with van der Waals surface area (Å²) in [6, 6.07) is 2.16. The number of halogens is 1. The summed E-state index contributed by atoms with van der Waals surface area (Å²) in [5, 5.41) is 8.61. The van der Waals surface area contributed by atoms with Crippen LogP contribution in [0.3, 0.4) is 0 Å². The van der Waals surface area contributed by atoms with E-state index in [4.69, 9.17) is 10.8 Å². The molecule has 0 bridgehead atoms. The lowest BCUT2D eigenvalue weighted by Gasteiger charge is -2.07. The van der Waals surface area contributed by atoms with E-state index in [0.29, 0.717) is 0 Å². The van der Waals surface area contributed by atoms with Gasteiger partial charge in [-0.25, -0.2) is 4.39 Å². The monoisotopic (exact) mass is 199 g/mol. The zero-order chi connectivity index (χ0) is 10.7. The Balaban J connectivity index is 3.24. The summed E-state index contributed by atoms with van der Waals surface area (Å²) in [6.45, 7) is -0.668. The quantitative estimate of drug-likeness (QED) is 0.552. The molecule has 5 heteroatoms. The van der Waals surface area contributed by atoms with Gasteiger partial charge >= 0.3 is 0 Å². The van der Waals surface area contributed by atoms with Crippen molar-refractivity contribution >= 4 is 11.5 Å². The van der Waals surface area contributed by atoms with Gasteiger partial charge in [-0.1, -0.05) is 0 Å². The molecule has 1 aromatic rings. The second-order valence-corrected chi connectivity index (χ2v) is 2.66. The number of hydrogen-bond donors (Lipinski definition) is 2. The molecule has 0 fully saturated rings. The van der Waals surface area contributed by atoms with Crippen LogP contribution in [-0.4, -0.2) is 24.6 Å². The van der Waals surface area contributed by atoms with E-state index in [2.05, 4.69) is 4.74 Å². The average Bonchev–Trinajstić information content (AvgIpc) is 2.17. The number of nitrogens with two attached hydrogens (primary N) is 1. The number of ether oxygens (including phenoxy) is 1. The summed E-state index contributed by atoms with van der Waals surface area (Å²) >= 11 is 0. The molecule has 0 saturated carbocycles. The molecule has 0 aliphatic rings. The molecular weight excluding hydrogens is 189 g/mol. The van der Waals surface area contributed by atoms with Crippen molar-refractivity contribution in [2.24, 2.45) is 0 Å². The Morgan fingerprint density at radius 3 is 2.79 bits per heavy atom. The first-order chi connectivity index (χ1) is 6.60. The number of aliphatic hydroxyl groups is 1. The Kier molecular flexibility index (Phi) is 3.03. The molecule has 0 unspecified atom stereocenters. The van der Waals surface area contributed by atoms with Crippen molar-refractivity contribution in [1.29, 1.82) is 0 Å². The van der Waals surface area contributed by atoms with Gasteiger partial charge in [0.25, 0.3) is 0 Å². The first-order valence-electron chi connectivity index (χ1n) is 3.87. The number of hydrogen-bond acceptors (Lipinski definition) is 4. The highest BCUT2D eigenvalue weighted by atomic mass is 19.1. The number of carbonyl (C=O) groups excluding carboxylic acids is 1. The number of rotatable bonds is 3. The van der Waals surface area contributed by atoms with Gasteiger partial charge in [0, 0.05) is 17.3 Å². The fraction of sp³-hybridized carbons (Fsp3) is 0.222. The van der Waals surface area contributed by atoms with Crippen molar-refractivity contribution in [1.82, 2.24) is 0 Å². The number of nitrogen functional groups attached to an aromatic ring is 1. The highest BCUT2D eigenvalue weighted by molar-refractivity contribution is 6.01. The van der Waals surface area contributed by atoms with Crippen molar-refractivity contribution in [3.8, 4) is 5.75 Å². The maximum Gasteiger partial charge on any atom is 0.190 e. The van der Waals surface area contributed by atoms with E-state index in [1.54, 1.807) is 0 Å². The van der Waals surface area contributed by atoms with Crippen LogP contribution in [0.5, 0.6) is 5.75 Å². The zero-order valence-electron chi connectivity index (χ0n) is 7.58. The number of methoxy groups -OCH3 is 1. The lowest BCUT2D eigenvalue weighted by Crippen LogP contribution is -2.08. The molecule has 0 radical (unpaired) electrons. The fourth-order valence-electron chi connectivity index (χ4n) is 1.05. The molecule has 1 aromatic carbocycles. The summed E-state index contributed by atoms with van der Waals surface area (Å²) < 4.78 is 17.7. The fourth-order valence-corrected chi connectivity index (χ4v) is 1.05. The zero-order valence-corrected chi connectivity index (χ0v) is 7.58. The lowest BCUT2D eigenvalue weighted by atomic mass is 10.1. The van der Waals surface area contributed by atoms with Crippen molar-refractivity contribution in [3.05, 3.63) is 23.5 Å². The number of anilines is 1. The molecule has 0 spiro atoms. The molecule has 0 aliphatic heterocycles. The molecule has 4 nitrogen and oxygen atoms in total. The van der Waals surface area contributed by atoms with Gasteiger partial charge in [0.1, 0.15) is 6.61 Å². The number of ketones is 1. The molecule has 0 atom stereocenters. The van der Waals surface area contributed by atoms with Crippen molar-refractivity contribution in [3.63, 3.8) is 0 Å². The minimum atomic E-state index is -0.668. The van der Waals surface area contributed by atoms with Gasteiger partial charge < -0.3 is 15.6 Å². The van der Waals surface area contributed by atoms with Crippen LogP contribution in [0.4, 0.5) is 10.1 Å². The Bertz CT molecular complexity index is 365. The van der Waals surface area contributed by atoms with Crippen LogP contribution in [0.2, 0.25) is 0 Å². The highest BCUT2D eigenvalue weighted by Crippen LogP contribution is 2.23. The van der Waals surface area contributed by atoms with Crippen LogP contribution >= 0.6 is 0 Å². The second-order valence-electron chi connectivity index (χ2n) is 2.66. The van der Waals surface area contributed by atoms with E-state index in [9.17, 15) is 9.18 Å². The van der Waals surface area contributed by atoms with E-state index < -0.39 is 18.2 Å². The minimum Gasteiger partial charge on any atom is -0.494 e. The summed E-state index contributed by atoms with van der Waals surface area (Å²) in [4.78, 5) is 11.1. The van der Waals surface area contributed by atoms with E-state index in [0.717, 1.165) is 6.07 Å². The van der Waals surface area contributed by atoms with Crippen molar-refractivity contribution in [2.45, 2.75) is 0 Å². The SMILES string of the molecule is COc1cc(C(=O)CO)c(N)cc1F. The highest BCUT2D eigenvalue weighted by Gasteiger charge is 2.13.